The van der Waals surface area contributed by atoms with E-state index >= 15 is 0 Å². The fourth-order valence-electron chi connectivity index (χ4n) is 1.60. The van der Waals surface area contributed by atoms with Crippen LogP contribution in [0.2, 0.25) is 0 Å². The Kier molecular flexibility index (Phi) is 3.00. The van der Waals surface area contributed by atoms with Gasteiger partial charge in [0, 0.05) is 6.04 Å². The Morgan fingerprint density at radius 1 is 1.29 bits per heavy atom. The number of rotatable bonds is 3. The Bertz CT molecular complexity index is 217. The number of carbonyl (C=O) groups excluding carboxylic acids is 1. The second-order valence-electron chi connectivity index (χ2n) is 3.64. The molecule has 2 unspecified atom stereocenters. The first-order valence-electron chi connectivity index (χ1n) is 4.84. The van der Waals surface area contributed by atoms with E-state index in [0.717, 1.165) is 0 Å². The topological polar surface area (TPSA) is 56.8 Å². The van der Waals surface area contributed by atoms with Gasteiger partial charge in [0.2, 0.25) is 0 Å². The van der Waals surface area contributed by atoms with Crippen LogP contribution in [0.5, 0.6) is 0 Å². The molecule has 2 fully saturated rings. The van der Waals surface area contributed by atoms with Gasteiger partial charge >= 0.3 is 5.97 Å². The molecule has 14 heavy (non-hydrogen) atoms. The summed E-state index contributed by atoms with van der Waals surface area (Å²) in [4.78, 5) is 11.6. The molecule has 2 heterocycles. The van der Waals surface area contributed by atoms with Gasteiger partial charge in [-0.15, -0.1) is 0 Å². The third-order valence-corrected chi connectivity index (χ3v) is 2.64. The summed E-state index contributed by atoms with van der Waals surface area (Å²) in [7, 11) is 1.83. The van der Waals surface area contributed by atoms with Crippen LogP contribution in [0.4, 0.5) is 0 Å². The lowest BCUT2D eigenvalue weighted by atomic mass is 10.0. The molecule has 0 aliphatic carbocycles. The highest BCUT2D eigenvalue weighted by atomic mass is 16.6. The summed E-state index contributed by atoms with van der Waals surface area (Å²) in [5.41, 5.74) is 0. The number of carbonyl (C=O) groups is 1. The van der Waals surface area contributed by atoms with E-state index in [1.807, 2.05) is 7.05 Å². The van der Waals surface area contributed by atoms with Crippen molar-refractivity contribution >= 4 is 5.97 Å². The van der Waals surface area contributed by atoms with Gasteiger partial charge in [-0.1, -0.05) is 0 Å². The average Bonchev–Trinajstić information content (AvgIpc) is 2.58. The Balaban J connectivity index is 1.83. The summed E-state index contributed by atoms with van der Waals surface area (Å²) in [6, 6.07) is 0.0866. The molecular formula is C9H15NO4. The van der Waals surface area contributed by atoms with Gasteiger partial charge in [-0.05, 0) is 7.05 Å². The van der Waals surface area contributed by atoms with Crippen molar-refractivity contribution in [2.75, 3.05) is 33.5 Å². The van der Waals surface area contributed by atoms with Gasteiger partial charge in [-0.3, -0.25) is 4.79 Å². The van der Waals surface area contributed by atoms with Crippen molar-refractivity contribution in [1.82, 2.24) is 5.32 Å². The lowest BCUT2D eigenvalue weighted by Gasteiger charge is -2.27. The highest BCUT2D eigenvalue weighted by molar-refractivity contribution is 5.74. The van der Waals surface area contributed by atoms with Crippen LogP contribution in [0.25, 0.3) is 0 Å². The van der Waals surface area contributed by atoms with Crippen LogP contribution in [0, 0.1) is 5.92 Å². The Labute approximate surface area is 82.7 Å². The standard InChI is InChI=1S/C9H15NO4/c1-10-8-5-13-4-7(8)9(11)14-6-2-12-3-6/h6-8,10H,2-5H2,1H3. The molecule has 0 aromatic heterocycles. The van der Waals surface area contributed by atoms with Gasteiger partial charge in [-0.2, -0.15) is 0 Å². The Morgan fingerprint density at radius 2 is 2.00 bits per heavy atom. The van der Waals surface area contributed by atoms with Crippen LogP contribution in [0.1, 0.15) is 0 Å². The van der Waals surface area contributed by atoms with Crippen molar-refractivity contribution in [3.8, 4) is 0 Å². The Hall–Kier alpha value is -0.650. The number of likely N-dealkylation sites (N-methyl/N-ethyl adjacent to an activating group) is 1. The molecule has 2 saturated heterocycles. The summed E-state index contributed by atoms with van der Waals surface area (Å²) >= 11 is 0. The van der Waals surface area contributed by atoms with Crippen LogP contribution in [-0.4, -0.2) is 51.6 Å². The molecule has 1 N–H and O–H groups in total. The first-order chi connectivity index (χ1) is 6.81. The molecule has 80 valence electrons. The molecule has 0 spiro atoms. The summed E-state index contributed by atoms with van der Waals surface area (Å²) in [6.45, 7) is 2.10. The minimum absolute atomic E-state index is 0.0411. The molecule has 0 bridgehead atoms. The van der Waals surface area contributed by atoms with Gasteiger partial charge < -0.3 is 19.5 Å². The first-order valence-corrected chi connectivity index (χ1v) is 4.84. The van der Waals surface area contributed by atoms with E-state index in [9.17, 15) is 4.79 Å². The minimum atomic E-state index is -0.171. The first kappa shape index (κ1) is 9.89. The normalized spacial score (nSPS) is 32.6. The molecule has 0 amide bonds. The van der Waals surface area contributed by atoms with Crippen molar-refractivity contribution < 1.29 is 19.0 Å². The monoisotopic (exact) mass is 201 g/mol. The van der Waals surface area contributed by atoms with Crippen LogP contribution in [0.3, 0.4) is 0 Å². The summed E-state index contributed by atoms with van der Waals surface area (Å²) in [6.07, 6.45) is -0.0411. The molecule has 0 aromatic carbocycles. The summed E-state index contributed by atoms with van der Waals surface area (Å²) < 4.78 is 15.4. The van der Waals surface area contributed by atoms with Crippen molar-refractivity contribution in [1.29, 1.82) is 0 Å². The SMILES string of the molecule is CNC1COCC1C(=O)OC1COC1. The third kappa shape index (κ3) is 1.89. The zero-order chi connectivity index (χ0) is 9.97. The van der Waals surface area contributed by atoms with Gasteiger partial charge in [0.1, 0.15) is 6.10 Å². The van der Waals surface area contributed by atoms with Crippen LogP contribution >= 0.6 is 0 Å². The molecule has 5 nitrogen and oxygen atoms in total. The zero-order valence-electron chi connectivity index (χ0n) is 8.19. The number of nitrogens with one attached hydrogen (secondary N) is 1. The fourth-order valence-corrected chi connectivity index (χ4v) is 1.60. The van der Waals surface area contributed by atoms with E-state index in [2.05, 4.69) is 5.32 Å². The molecule has 2 rings (SSSR count). The Morgan fingerprint density at radius 3 is 2.57 bits per heavy atom. The predicted octanol–water partition coefficient (Wildman–Crippen LogP) is -0.837. The van der Waals surface area contributed by atoms with E-state index in [-0.39, 0.29) is 24.0 Å². The van der Waals surface area contributed by atoms with E-state index < -0.39 is 0 Å². The van der Waals surface area contributed by atoms with Gasteiger partial charge in [0.25, 0.3) is 0 Å². The summed E-state index contributed by atoms with van der Waals surface area (Å²) in [5, 5.41) is 3.05. The molecule has 5 heteroatoms. The van der Waals surface area contributed by atoms with Gasteiger partial charge in [0.15, 0.2) is 0 Å². The number of hydrogen-bond acceptors (Lipinski definition) is 5. The van der Waals surface area contributed by atoms with Crippen LogP contribution in [0.15, 0.2) is 0 Å². The molecule has 0 aromatic rings. The largest absolute Gasteiger partial charge is 0.457 e. The second-order valence-corrected chi connectivity index (χ2v) is 3.64. The molecule has 2 aliphatic heterocycles. The molecule has 2 atom stereocenters. The minimum Gasteiger partial charge on any atom is -0.457 e. The van der Waals surface area contributed by atoms with E-state index in [0.29, 0.717) is 26.4 Å². The highest BCUT2D eigenvalue weighted by Gasteiger charge is 2.36. The smallest absolute Gasteiger partial charge is 0.313 e. The highest BCUT2D eigenvalue weighted by Crippen LogP contribution is 2.17. The lowest BCUT2D eigenvalue weighted by molar-refractivity contribution is -0.177. The molecule has 2 aliphatic rings. The van der Waals surface area contributed by atoms with Crippen LogP contribution in [-0.2, 0) is 19.0 Å². The zero-order valence-corrected chi connectivity index (χ0v) is 8.19. The quantitative estimate of drug-likeness (QED) is 0.603. The van der Waals surface area contributed by atoms with Crippen LogP contribution < -0.4 is 5.32 Å². The molecular weight excluding hydrogens is 186 g/mol. The maximum Gasteiger partial charge on any atom is 0.313 e. The number of ether oxygens (including phenoxy) is 3. The number of esters is 1. The average molecular weight is 201 g/mol. The maximum atomic E-state index is 11.6. The number of hydrogen-bond donors (Lipinski definition) is 1. The van der Waals surface area contributed by atoms with Gasteiger partial charge in [-0.25, -0.2) is 0 Å². The van der Waals surface area contributed by atoms with E-state index in [1.54, 1.807) is 0 Å². The van der Waals surface area contributed by atoms with Crippen molar-refractivity contribution in [2.24, 2.45) is 5.92 Å². The predicted molar refractivity (Wildman–Crippen MR) is 47.9 cm³/mol. The third-order valence-electron chi connectivity index (χ3n) is 2.64. The van der Waals surface area contributed by atoms with E-state index in [1.165, 1.54) is 0 Å². The molecule has 0 saturated carbocycles. The molecule has 0 radical (unpaired) electrons. The van der Waals surface area contributed by atoms with Crippen molar-refractivity contribution in [3.63, 3.8) is 0 Å². The van der Waals surface area contributed by atoms with Crippen molar-refractivity contribution in [3.05, 3.63) is 0 Å². The van der Waals surface area contributed by atoms with E-state index in [4.69, 9.17) is 14.2 Å². The summed E-state index contributed by atoms with van der Waals surface area (Å²) in [5.74, 6) is -0.337. The fraction of sp³-hybridized carbons (Fsp3) is 0.889. The van der Waals surface area contributed by atoms with Gasteiger partial charge in [0.05, 0.1) is 32.3 Å². The lowest BCUT2D eigenvalue weighted by Crippen LogP contribution is -2.43. The van der Waals surface area contributed by atoms with Crippen molar-refractivity contribution in [2.45, 2.75) is 12.1 Å². The maximum absolute atomic E-state index is 11.6. The second kappa shape index (κ2) is 4.25.